The summed E-state index contributed by atoms with van der Waals surface area (Å²) in [5.41, 5.74) is -3.34. The minimum atomic E-state index is -4.23. The largest absolute Gasteiger partial charge is 0.446 e. The second kappa shape index (κ2) is 5.36. The molecule has 0 amide bonds. The number of nitrogens with zero attached hydrogens (tertiary/aromatic N) is 2. The molecular weight excluding hydrogens is 273 g/mol. The van der Waals surface area contributed by atoms with Crippen LogP contribution in [0.15, 0.2) is 41.6 Å². The summed E-state index contributed by atoms with van der Waals surface area (Å²) in [5.74, 6) is 0. The van der Waals surface area contributed by atoms with Crippen LogP contribution in [-0.4, -0.2) is 23.1 Å². The molecule has 1 aliphatic heterocycles. The molecule has 0 radical (unpaired) electrons. The number of thioether (sulfide) groups is 1. The number of anilines is 1. The lowest BCUT2D eigenvalue weighted by Crippen LogP contribution is -2.30. The summed E-state index contributed by atoms with van der Waals surface area (Å²) in [6.45, 7) is 4.91. The van der Waals surface area contributed by atoms with Crippen molar-refractivity contribution in [3.63, 3.8) is 0 Å². The summed E-state index contributed by atoms with van der Waals surface area (Å²) in [7, 11) is 0. The van der Waals surface area contributed by atoms with Gasteiger partial charge in [-0.05, 0) is 49.9 Å². The maximum Gasteiger partial charge on any atom is 0.446 e. The maximum atomic E-state index is 12.2. The summed E-state index contributed by atoms with van der Waals surface area (Å²) in [6, 6.07) is 6.82. The van der Waals surface area contributed by atoms with Crippen molar-refractivity contribution in [2.75, 3.05) is 11.6 Å². The molecule has 2 nitrogen and oxygen atoms in total. The molecule has 0 atom stereocenters. The number of benzene rings is 1. The fourth-order valence-electron chi connectivity index (χ4n) is 1.78. The molecule has 0 N–H and O–H groups in total. The van der Waals surface area contributed by atoms with Gasteiger partial charge in [0.15, 0.2) is 0 Å². The van der Waals surface area contributed by atoms with Gasteiger partial charge in [-0.15, -0.1) is 0 Å². The van der Waals surface area contributed by atoms with Gasteiger partial charge in [-0.2, -0.15) is 13.2 Å². The van der Waals surface area contributed by atoms with Crippen LogP contribution in [0.3, 0.4) is 0 Å². The summed E-state index contributed by atoms with van der Waals surface area (Å²) in [4.78, 5) is 4.36. The normalized spacial score (nSPS) is 15.7. The van der Waals surface area contributed by atoms with Crippen LogP contribution in [0.5, 0.6) is 0 Å². The van der Waals surface area contributed by atoms with Gasteiger partial charge in [0.2, 0.25) is 0 Å². The summed E-state index contributed by atoms with van der Waals surface area (Å²) in [6.07, 6.45) is 3.93. The molecule has 1 heterocycles. The van der Waals surface area contributed by atoms with E-state index in [-0.39, 0.29) is 16.7 Å². The predicted molar refractivity (Wildman–Crippen MR) is 71.8 cm³/mol. The molecule has 1 aromatic rings. The Labute approximate surface area is 114 Å². The SMILES string of the molecule is CC(C)N1C=CN(c2ccc(SC(F)(F)F)cc2)C1. The lowest BCUT2D eigenvalue weighted by atomic mass is 10.3. The third-order valence-electron chi connectivity index (χ3n) is 2.82. The summed E-state index contributed by atoms with van der Waals surface area (Å²) < 4.78 is 36.7. The highest BCUT2D eigenvalue weighted by molar-refractivity contribution is 8.00. The van der Waals surface area contributed by atoms with E-state index in [0.717, 1.165) is 12.4 Å². The van der Waals surface area contributed by atoms with Gasteiger partial charge < -0.3 is 9.80 Å². The van der Waals surface area contributed by atoms with E-state index in [4.69, 9.17) is 0 Å². The molecule has 0 bridgehead atoms. The van der Waals surface area contributed by atoms with Gasteiger partial charge in [-0.3, -0.25) is 0 Å². The topological polar surface area (TPSA) is 6.48 Å². The highest BCUT2D eigenvalue weighted by Gasteiger charge is 2.29. The molecule has 1 aliphatic rings. The predicted octanol–water partition coefficient (Wildman–Crippen LogP) is 4.26. The zero-order chi connectivity index (χ0) is 14.0. The molecule has 2 rings (SSSR count). The van der Waals surface area contributed by atoms with Crippen molar-refractivity contribution in [3.8, 4) is 0 Å². The number of alkyl halides is 3. The van der Waals surface area contributed by atoms with Crippen molar-refractivity contribution in [2.45, 2.75) is 30.3 Å². The van der Waals surface area contributed by atoms with Gasteiger partial charge in [0.25, 0.3) is 0 Å². The van der Waals surface area contributed by atoms with E-state index in [0.29, 0.717) is 6.04 Å². The third kappa shape index (κ3) is 3.83. The molecule has 0 aromatic heterocycles. The quantitative estimate of drug-likeness (QED) is 0.767. The maximum absolute atomic E-state index is 12.2. The monoisotopic (exact) mass is 288 g/mol. The number of hydrogen-bond acceptors (Lipinski definition) is 3. The molecule has 0 unspecified atom stereocenters. The second-order valence-electron chi connectivity index (χ2n) is 4.56. The van der Waals surface area contributed by atoms with Gasteiger partial charge in [0.05, 0.1) is 6.67 Å². The van der Waals surface area contributed by atoms with Crippen molar-refractivity contribution in [1.82, 2.24) is 4.90 Å². The van der Waals surface area contributed by atoms with Crippen molar-refractivity contribution in [2.24, 2.45) is 0 Å². The van der Waals surface area contributed by atoms with Crippen LogP contribution in [0, 0.1) is 0 Å². The van der Waals surface area contributed by atoms with Gasteiger partial charge in [0, 0.05) is 29.0 Å². The molecule has 0 aliphatic carbocycles. The Morgan fingerprint density at radius 1 is 1.11 bits per heavy atom. The van der Waals surface area contributed by atoms with Crippen LogP contribution in [0.4, 0.5) is 18.9 Å². The van der Waals surface area contributed by atoms with Gasteiger partial charge >= 0.3 is 5.51 Å². The van der Waals surface area contributed by atoms with Crippen molar-refractivity contribution >= 4 is 17.4 Å². The summed E-state index contributed by atoms with van der Waals surface area (Å²) in [5, 5.41) is 0. The Hall–Kier alpha value is -1.30. The van der Waals surface area contributed by atoms with E-state index in [2.05, 4.69) is 18.7 Å². The van der Waals surface area contributed by atoms with Crippen molar-refractivity contribution in [3.05, 3.63) is 36.7 Å². The van der Waals surface area contributed by atoms with Crippen molar-refractivity contribution in [1.29, 1.82) is 0 Å². The van der Waals surface area contributed by atoms with E-state index in [1.807, 2.05) is 17.3 Å². The minimum absolute atomic E-state index is 0.0895. The molecule has 6 heteroatoms. The van der Waals surface area contributed by atoms with Gasteiger partial charge in [-0.25, -0.2) is 0 Å². The standard InChI is InChI=1S/C13H15F3N2S/c1-10(2)17-7-8-18(9-17)11-3-5-12(6-4-11)19-13(14,15)16/h3-8,10H,9H2,1-2H3. The first-order chi connectivity index (χ1) is 8.85. The third-order valence-corrected chi connectivity index (χ3v) is 3.56. The first kappa shape index (κ1) is 14.1. The van der Waals surface area contributed by atoms with Crippen LogP contribution in [-0.2, 0) is 0 Å². The highest BCUT2D eigenvalue weighted by Crippen LogP contribution is 2.37. The van der Waals surface area contributed by atoms with E-state index < -0.39 is 5.51 Å². The Balaban J connectivity index is 2.02. The van der Waals surface area contributed by atoms with Gasteiger partial charge in [-0.1, -0.05) is 0 Å². The fraction of sp³-hybridized carbons (Fsp3) is 0.385. The first-order valence-electron chi connectivity index (χ1n) is 5.92. The van der Waals surface area contributed by atoms with E-state index >= 15 is 0 Å². The molecule has 0 fully saturated rings. The summed E-state index contributed by atoms with van der Waals surface area (Å²) >= 11 is -0.0895. The zero-order valence-corrected chi connectivity index (χ0v) is 11.5. The lowest BCUT2D eigenvalue weighted by molar-refractivity contribution is -0.0328. The average Bonchev–Trinajstić information content (AvgIpc) is 2.77. The Morgan fingerprint density at radius 2 is 1.74 bits per heavy atom. The molecule has 1 aromatic carbocycles. The molecule has 0 saturated heterocycles. The lowest BCUT2D eigenvalue weighted by Gasteiger charge is -2.24. The first-order valence-corrected chi connectivity index (χ1v) is 6.73. The average molecular weight is 288 g/mol. The van der Waals surface area contributed by atoms with Crippen LogP contribution in [0.2, 0.25) is 0 Å². The van der Waals surface area contributed by atoms with Crippen LogP contribution < -0.4 is 4.90 Å². The Bertz CT molecular complexity index is 454. The van der Waals surface area contributed by atoms with E-state index in [1.165, 1.54) is 12.1 Å². The zero-order valence-electron chi connectivity index (χ0n) is 10.7. The molecule has 104 valence electrons. The van der Waals surface area contributed by atoms with Crippen LogP contribution in [0.1, 0.15) is 13.8 Å². The fourth-order valence-corrected chi connectivity index (χ4v) is 2.32. The van der Waals surface area contributed by atoms with E-state index in [9.17, 15) is 13.2 Å². The van der Waals surface area contributed by atoms with Crippen molar-refractivity contribution < 1.29 is 13.2 Å². The molecule has 0 saturated carbocycles. The minimum Gasteiger partial charge on any atom is -0.356 e. The Morgan fingerprint density at radius 3 is 2.21 bits per heavy atom. The Kier molecular flexibility index (Phi) is 3.99. The van der Waals surface area contributed by atoms with Crippen LogP contribution in [0.25, 0.3) is 0 Å². The smallest absolute Gasteiger partial charge is 0.356 e. The van der Waals surface area contributed by atoms with Gasteiger partial charge in [0.1, 0.15) is 0 Å². The van der Waals surface area contributed by atoms with E-state index in [1.54, 1.807) is 12.1 Å². The highest BCUT2D eigenvalue weighted by atomic mass is 32.2. The molecular formula is C13H15F3N2S. The number of rotatable bonds is 3. The second-order valence-corrected chi connectivity index (χ2v) is 5.70. The molecule has 0 spiro atoms. The number of halogens is 3. The van der Waals surface area contributed by atoms with Crippen LogP contribution >= 0.6 is 11.8 Å². The molecule has 19 heavy (non-hydrogen) atoms. The number of hydrogen-bond donors (Lipinski definition) is 0.